The van der Waals surface area contributed by atoms with Crippen molar-refractivity contribution in [2.45, 2.75) is 45.3 Å². The van der Waals surface area contributed by atoms with E-state index in [0.717, 1.165) is 30.3 Å². The molecule has 1 N–H and O–H groups in total. The second kappa shape index (κ2) is 9.40. The van der Waals surface area contributed by atoms with Gasteiger partial charge in [0.15, 0.2) is 0 Å². The summed E-state index contributed by atoms with van der Waals surface area (Å²) in [6, 6.07) is 8.75. The van der Waals surface area contributed by atoms with Gasteiger partial charge in [-0.3, -0.25) is 9.69 Å². The molecule has 0 saturated carbocycles. The van der Waals surface area contributed by atoms with E-state index in [1.807, 2.05) is 19.9 Å². The van der Waals surface area contributed by atoms with Gasteiger partial charge in [0.1, 0.15) is 0 Å². The number of carbonyl (C=O) groups is 1. The molecule has 2 rings (SSSR count). The van der Waals surface area contributed by atoms with E-state index in [1.165, 1.54) is 5.56 Å². The molecule has 1 aromatic carbocycles. The number of amides is 1. The van der Waals surface area contributed by atoms with Gasteiger partial charge >= 0.3 is 0 Å². The fourth-order valence-electron chi connectivity index (χ4n) is 2.97. The maximum absolute atomic E-state index is 12.1. The van der Waals surface area contributed by atoms with Crippen LogP contribution in [0.25, 0.3) is 0 Å². The lowest BCUT2D eigenvalue weighted by atomic mass is 10.0. The third-order valence-electron chi connectivity index (χ3n) is 4.04. The Labute approximate surface area is 147 Å². The first kappa shape index (κ1) is 18.4. The normalized spacial score (nSPS) is 18.5. The van der Waals surface area contributed by atoms with Crippen LogP contribution < -0.4 is 5.32 Å². The topological polar surface area (TPSA) is 41.6 Å². The van der Waals surface area contributed by atoms with Crippen molar-refractivity contribution in [3.05, 3.63) is 34.3 Å². The summed E-state index contributed by atoms with van der Waals surface area (Å²) in [5.41, 5.74) is 1.29. The molecule has 0 spiro atoms. The van der Waals surface area contributed by atoms with Gasteiger partial charge in [0.2, 0.25) is 5.91 Å². The molecule has 0 aromatic heterocycles. The summed E-state index contributed by atoms with van der Waals surface area (Å²) in [7, 11) is 0. The van der Waals surface area contributed by atoms with Gasteiger partial charge in [-0.2, -0.15) is 0 Å². The summed E-state index contributed by atoms with van der Waals surface area (Å²) < 4.78 is 6.57. The molecule has 1 heterocycles. The van der Waals surface area contributed by atoms with E-state index in [2.05, 4.69) is 44.3 Å². The Morgan fingerprint density at radius 3 is 3.04 bits per heavy atom. The highest BCUT2D eigenvalue weighted by atomic mass is 79.9. The minimum Gasteiger partial charge on any atom is -0.379 e. The molecule has 0 aliphatic carbocycles. The fourth-order valence-corrected chi connectivity index (χ4v) is 3.38. The van der Waals surface area contributed by atoms with Crippen molar-refractivity contribution in [3.63, 3.8) is 0 Å². The van der Waals surface area contributed by atoms with Crippen LogP contribution in [0.2, 0.25) is 0 Å². The highest BCUT2D eigenvalue weighted by Gasteiger charge is 2.27. The van der Waals surface area contributed by atoms with Crippen molar-refractivity contribution in [2.24, 2.45) is 0 Å². The van der Waals surface area contributed by atoms with E-state index < -0.39 is 0 Å². The van der Waals surface area contributed by atoms with Crippen LogP contribution in [0.15, 0.2) is 28.7 Å². The van der Waals surface area contributed by atoms with Crippen molar-refractivity contribution in [2.75, 3.05) is 26.2 Å². The number of hydrogen-bond donors (Lipinski definition) is 1. The second-order valence-electron chi connectivity index (χ2n) is 6.31. The lowest BCUT2D eigenvalue weighted by molar-refractivity contribution is -0.122. The Morgan fingerprint density at radius 2 is 2.30 bits per heavy atom. The largest absolute Gasteiger partial charge is 0.379 e. The smallest absolute Gasteiger partial charge is 0.234 e. The monoisotopic (exact) mass is 382 g/mol. The van der Waals surface area contributed by atoms with Gasteiger partial charge in [-0.25, -0.2) is 0 Å². The van der Waals surface area contributed by atoms with Crippen molar-refractivity contribution in [1.29, 1.82) is 0 Å². The van der Waals surface area contributed by atoms with Crippen LogP contribution in [0.1, 0.15) is 44.7 Å². The first-order valence-corrected chi connectivity index (χ1v) is 9.23. The number of nitrogens with zero attached hydrogens (tertiary/aromatic N) is 1. The molecule has 1 saturated heterocycles. The van der Waals surface area contributed by atoms with Gasteiger partial charge < -0.3 is 10.1 Å². The average Bonchev–Trinajstić information content (AvgIpc) is 2.94. The summed E-state index contributed by atoms with van der Waals surface area (Å²) in [5, 5.41) is 3.00. The van der Waals surface area contributed by atoms with E-state index in [1.54, 1.807) is 0 Å². The molecular formula is C18H27BrN2O2. The van der Waals surface area contributed by atoms with Crippen molar-refractivity contribution >= 4 is 21.8 Å². The zero-order valence-electron chi connectivity index (χ0n) is 14.1. The minimum absolute atomic E-state index is 0.108. The van der Waals surface area contributed by atoms with E-state index in [-0.39, 0.29) is 12.0 Å². The Hall–Kier alpha value is -0.910. The standard InChI is InChI=1S/C18H27BrN2O2/c1-14(2)23-11-5-9-20-18(22)13-21-10-4-8-17(21)15-6-3-7-16(19)12-15/h3,6-7,12,14,17H,4-5,8-11,13H2,1-2H3,(H,20,22). The molecule has 1 aromatic rings. The molecule has 23 heavy (non-hydrogen) atoms. The van der Waals surface area contributed by atoms with E-state index in [9.17, 15) is 4.79 Å². The zero-order valence-corrected chi connectivity index (χ0v) is 15.6. The van der Waals surface area contributed by atoms with E-state index in [0.29, 0.717) is 25.7 Å². The predicted octanol–water partition coefficient (Wildman–Crippen LogP) is 3.52. The molecule has 1 unspecified atom stereocenters. The van der Waals surface area contributed by atoms with Crippen molar-refractivity contribution in [1.82, 2.24) is 10.2 Å². The number of halogens is 1. The Morgan fingerprint density at radius 1 is 1.48 bits per heavy atom. The predicted molar refractivity (Wildman–Crippen MR) is 96.4 cm³/mol. The van der Waals surface area contributed by atoms with Crippen LogP contribution in [-0.4, -0.2) is 43.2 Å². The summed E-state index contributed by atoms with van der Waals surface area (Å²) in [6.07, 6.45) is 3.37. The van der Waals surface area contributed by atoms with Gasteiger partial charge in [0.05, 0.1) is 12.6 Å². The number of likely N-dealkylation sites (tertiary alicyclic amines) is 1. The highest BCUT2D eigenvalue weighted by molar-refractivity contribution is 9.10. The molecule has 5 heteroatoms. The molecule has 1 atom stereocenters. The first-order valence-electron chi connectivity index (χ1n) is 8.44. The SMILES string of the molecule is CC(C)OCCCNC(=O)CN1CCCC1c1cccc(Br)c1. The van der Waals surface area contributed by atoms with Gasteiger partial charge in [-0.1, -0.05) is 28.1 Å². The summed E-state index contributed by atoms with van der Waals surface area (Å²) in [4.78, 5) is 14.4. The molecule has 128 valence electrons. The number of benzene rings is 1. The highest BCUT2D eigenvalue weighted by Crippen LogP contribution is 2.32. The maximum atomic E-state index is 12.1. The Balaban J connectivity index is 1.76. The zero-order chi connectivity index (χ0) is 16.7. The molecular weight excluding hydrogens is 356 g/mol. The van der Waals surface area contributed by atoms with E-state index in [4.69, 9.17) is 4.74 Å². The van der Waals surface area contributed by atoms with Crippen LogP contribution >= 0.6 is 15.9 Å². The molecule has 1 amide bonds. The van der Waals surface area contributed by atoms with Gasteiger partial charge in [0, 0.05) is 23.7 Å². The van der Waals surface area contributed by atoms with Gasteiger partial charge in [0.25, 0.3) is 0 Å². The Bertz CT molecular complexity index is 508. The fraction of sp³-hybridized carbons (Fsp3) is 0.611. The van der Waals surface area contributed by atoms with Crippen LogP contribution in [0.5, 0.6) is 0 Å². The minimum atomic E-state index is 0.108. The van der Waals surface area contributed by atoms with Crippen LogP contribution in [0.3, 0.4) is 0 Å². The molecule has 1 fully saturated rings. The van der Waals surface area contributed by atoms with Gasteiger partial charge in [-0.15, -0.1) is 0 Å². The maximum Gasteiger partial charge on any atom is 0.234 e. The lowest BCUT2D eigenvalue weighted by Gasteiger charge is -2.24. The van der Waals surface area contributed by atoms with Crippen molar-refractivity contribution in [3.8, 4) is 0 Å². The van der Waals surface area contributed by atoms with Gasteiger partial charge in [-0.05, 0) is 57.4 Å². The molecule has 1 aliphatic heterocycles. The quantitative estimate of drug-likeness (QED) is 0.699. The van der Waals surface area contributed by atoms with E-state index >= 15 is 0 Å². The van der Waals surface area contributed by atoms with Crippen LogP contribution in [0.4, 0.5) is 0 Å². The van der Waals surface area contributed by atoms with Crippen molar-refractivity contribution < 1.29 is 9.53 Å². The summed E-state index contributed by atoms with van der Waals surface area (Å²) in [6.45, 7) is 6.88. The first-order chi connectivity index (χ1) is 11.1. The molecule has 0 bridgehead atoms. The summed E-state index contributed by atoms with van der Waals surface area (Å²) in [5.74, 6) is 0.108. The van der Waals surface area contributed by atoms with Crippen LogP contribution in [-0.2, 0) is 9.53 Å². The number of ether oxygens (including phenoxy) is 1. The number of nitrogens with one attached hydrogen (secondary N) is 1. The second-order valence-corrected chi connectivity index (χ2v) is 7.22. The third-order valence-corrected chi connectivity index (χ3v) is 4.53. The summed E-state index contributed by atoms with van der Waals surface area (Å²) >= 11 is 3.53. The Kier molecular flexibility index (Phi) is 7.53. The third kappa shape index (κ3) is 6.24. The number of carbonyl (C=O) groups excluding carboxylic acids is 1. The lowest BCUT2D eigenvalue weighted by Crippen LogP contribution is -2.37. The number of rotatable bonds is 8. The molecule has 1 aliphatic rings. The number of hydrogen-bond acceptors (Lipinski definition) is 3. The molecule has 4 nitrogen and oxygen atoms in total. The average molecular weight is 383 g/mol. The molecule has 0 radical (unpaired) electrons. The van der Waals surface area contributed by atoms with Crippen LogP contribution in [0, 0.1) is 0 Å².